The predicted molar refractivity (Wildman–Crippen MR) is 246 cm³/mol. The van der Waals surface area contributed by atoms with Crippen LogP contribution in [0, 0.1) is 68.5 Å². The van der Waals surface area contributed by atoms with E-state index in [2.05, 4.69) is 34.6 Å². The molecule has 17 atom stereocenters. The molecule has 0 aromatic carbocycles. The van der Waals surface area contributed by atoms with E-state index in [1.807, 2.05) is 26.8 Å². The molecule has 8 aliphatic rings. The number of aliphatic carboxylic acids is 2. The number of allylic oxidation sites excluding steroid dienone is 3. The number of ether oxygens (including phenoxy) is 1. The smallest absolute Gasteiger partial charge is 0.550 e. The number of hydrogen-bond acceptors (Lipinski definition) is 13. The molecule has 0 aliphatic heterocycles. The Morgan fingerprint density at radius 1 is 0.797 bits per heavy atom. The van der Waals surface area contributed by atoms with E-state index in [1.165, 1.54) is 12.5 Å². The molecule has 0 bridgehead atoms. The molecule has 0 aromatic rings. The third kappa shape index (κ3) is 10.4. The van der Waals surface area contributed by atoms with Gasteiger partial charge in [0.15, 0.2) is 11.6 Å². The summed E-state index contributed by atoms with van der Waals surface area (Å²) in [7, 11) is 0. The monoisotopic (exact) mass is 983 g/mol. The number of rotatable bonds is 7. The first kappa shape index (κ1) is 60.3. The second-order valence-corrected chi connectivity index (χ2v) is 23.7. The largest absolute Gasteiger partial charge is 1.00 e. The van der Waals surface area contributed by atoms with Crippen molar-refractivity contribution in [1.82, 2.24) is 0 Å². The van der Waals surface area contributed by atoms with Crippen LogP contribution in [0.5, 0.6) is 0 Å². The molecule has 8 rings (SSSR count). The number of hydrogen-bond donors (Lipinski definition) is 5. The van der Waals surface area contributed by atoms with Gasteiger partial charge in [-0.3, -0.25) is 14.4 Å². The van der Waals surface area contributed by atoms with Crippen molar-refractivity contribution < 1.29 is 124 Å². The molecular weight excluding hydrogens is 903 g/mol. The zero-order valence-corrected chi connectivity index (χ0v) is 47.8. The normalized spacial score (nSPS) is 44.2. The number of aliphatic hydroxyl groups is 5. The number of carbonyl (C=O) groups excluding carboxylic acids is 5. The van der Waals surface area contributed by atoms with E-state index >= 15 is 0 Å². The molecule has 7 saturated carbocycles. The van der Waals surface area contributed by atoms with Crippen molar-refractivity contribution in [3.05, 3.63) is 34.4 Å². The van der Waals surface area contributed by atoms with Gasteiger partial charge in [0.05, 0.1) is 24.3 Å². The molecule has 0 spiro atoms. The van der Waals surface area contributed by atoms with Crippen LogP contribution in [0.25, 0.3) is 0 Å². The summed E-state index contributed by atoms with van der Waals surface area (Å²) in [5.41, 5.74) is 0.0825. The number of ketones is 2. The summed E-state index contributed by atoms with van der Waals surface area (Å²) in [5.74, 6) is -2.20. The van der Waals surface area contributed by atoms with E-state index in [0.29, 0.717) is 56.4 Å². The molecule has 5 N–H and O–H groups in total. The molecule has 0 heterocycles. The van der Waals surface area contributed by atoms with Gasteiger partial charge in [0.1, 0.15) is 18.3 Å². The van der Waals surface area contributed by atoms with Crippen molar-refractivity contribution in [3.63, 3.8) is 0 Å². The summed E-state index contributed by atoms with van der Waals surface area (Å²) in [5, 5.41) is 75.6. The average Bonchev–Trinajstić information content (AvgIpc) is 3.66. The fourth-order valence-corrected chi connectivity index (χ4v) is 17.1. The topological polar surface area (TPSA) is 242 Å². The SMILES string of the molecule is CC(=O)O[C@H]1C[C@@]2(C)[C@H](C[C@@H](O)C3[C@@]4(C)CC[C@@H](O)[C@@H](C)C4CC[C@@]32C)C1=C(CCC=C(C)C)C(=O)[O-].CC(=O)[O-].C[C@]12CCC(=O)C=C1CCC1C2[C@@H](O)C[C@@]2(C)C1CC[C@]2(O)C(=O)CO.[Na+].[Na+]. The van der Waals surface area contributed by atoms with Crippen molar-refractivity contribution in [2.45, 2.75) is 196 Å². The standard InChI is InChI=1S/C31H48O6.C21H30O5.C2H4O2.2Na/c1-17(2)9-8-10-20(28(35)36)26-22-15-24(34)27-29(5)13-12-23(33)18(3)21(29)11-14-30(27,6)31(22,7)16-25(26)37-19(4)32;1-19-7-5-13(23)9-12(19)3-4-14-15-6-8-21(26,17(25)11-22)20(15,2)10-16(24)18(14)19;1-2(3)4;;/h9,18,21-25,27,33-34H,8,10-16H2,1-7H3,(H,35,36);9,14-16,18,22,24,26H,3-8,10-11H2,1-2H3;1H3,(H,3,4);;/q;;;2*+1/p-2/t18-,21?,22+,23+,24+,25-,27?,29-,30-,31-;14?,15?,16-,18?,19-,20-,21-;;;/m00.../s1. The maximum atomic E-state index is 12.5. The molecule has 0 saturated heterocycles. The van der Waals surface area contributed by atoms with E-state index in [9.17, 15) is 49.8 Å². The van der Waals surface area contributed by atoms with Crippen LogP contribution in [0.4, 0.5) is 0 Å². The Morgan fingerprint density at radius 3 is 2.00 bits per heavy atom. The van der Waals surface area contributed by atoms with Crippen LogP contribution >= 0.6 is 0 Å². The zero-order valence-electron chi connectivity index (χ0n) is 43.8. The van der Waals surface area contributed by atoms with Gasteiger partial charge in [-0.15, -0.1) is 0 Å². The van der Waals surface area contributed by atoms with Gasteiger partial charge in [0, 0.05) is 24.7 Å². The van der Waals surface area contributed by atoms with E-state index in [4.69, 9.17) is 14.6 Å². The first-order valence-electron chi connectivity index (χ1n) is 25.1. The van der Waals surface area contributed by atoms with Crippen molar-refractivity contribution in [2.24, 2.45) is 68.5 Å². The Bertz CT molecular complexity index is 2060. The number of aliphatic hydroxyl groups excluding tert-OH is 4. The Kier molecular flexibility index (Phi) is 19.5. The average molecular weight is 983 g/mol. The fraction of sp³-hybridized carbons (Fsp3) is 0.796. The molecule has 69 heavy (non-hydrogen) atoms. The molecule has 0 amide bonds. The van der Waals surface area contributed by atoms with Crippen LogP contribution < -0.4 is 69.3 Å². The van der Waals surface area contributed by atoms with Gasteiger partial charge in [-0.2, -0.15) is 0 Å². The molecule has 15 heteroatoms. The predicted octanol–water partition coefficient (Wildman–Crippen LogP) is -1.12. The van der Waals surface area contributed by atoms with E-state index in [-0.39, 0.29) is 134 Å². The van der Waals surface area contributed by atoms with Crippen LogP contribution in [0.3, 0.4) is 0 Å². The maximum Gasteiger partial charge on any atom is 1.00 e. The summed E-state index contributed by atoms with van der Waals surface area (Å²) >= 11 is 0. The number of fused-ring (bicyclic) bond motifs is 10. The number of carboxylic acids is 2. The van der Waals surface area contributed by atoms with Crippen LogP contribution in [0.1, 0.15) is 166 Å². The van der Waals surface area contributed by atoms with Gasteiger partial charge in [-0.1, -0.05) is 58.8 Å². The number of Topliss-reactive ketones (excluding diaryl/α,β-unsaturated/α-hetero) is 1. The van der Waals surface area contributed by atoms with Gasteiger partial charge in [-0.25, -0.2) is 0 Å². The van der Waals surface area contributed by atoms with Crippen LogP contribution in [-0.4, -0.2) is 91.6 Å². The Morgan fingerprint density at radius 2 is 1.42 bits per heavy atom. The number of esters is 1. The minimum atomic E-state index is -1.54. The Balaban J connectivity index is 0.000000284. The van der Waals surface area contributed by atoms with Crippen LogP contribution in [-0.2, 0) is 28.7 Å². The Labute approximate surface area is 454 Å². The summed E-state index contributed by atoms with van der Waals surface area (Å²) in [6, 6.07) is 0. The van der Waals surface area contributed by atoms with Crippen molar-refractivity contribution >= 4 is 29.5 Å². The molecule has 8 aliphatic carbocycles. The van der Waals surface area contributed by atoms with Crippen molar-refractivity contribution in [2.75, 3.05) is 6.61 Å². The second kappa shape index (κ2) is 22.3. The molecule has 376 valence electrons. The summed E-state index contributed by atoms with van der Waals surface area (Å²) in [6.07, 6.45) is 11.7. The van der Waals surface area contributed by atoms with Gasteiger partial charge < -0.3 is 50.1 Å². The van der Waals surface area contributed by atoms with Gasteiger partial charge >= 0.3 is 65.1 Å². The number of carbonyl (C=O) groups is 5. The molecule has 0 radical (unpaired) electrons. The molecular formula is C54H80Na2O13. The quantitative estimate of drug-likeness (QED) is 0.0881. The van der Waals surface area contributed by atoms with Crippen molar-refractivity contribution in [1.29, 1.82) is 0 Å². The Hall–Kier alpha value is -1.23. The number of carboxylic acid groups (broad SMARTS) is 2. The first-order valence-corrected chi connectivity index (χ1v) is 25.1. The minimum absolute atomic E-state index is 0. The van der Waals surface area contributed by atoms with E-state index in [1.54, 1.807) is 6.08 Å². The maximum absolute atomic E-state index is 12.5. The van der Waals surface area contributed by atoms with Crippen molar-refractivity contribution in [3.8, 4) is 0 Å². The minimum Gasteiger partial charge on any atom is -0.550 e. The van der Waals surface area contributed by atoms with Crippen LogP contribution in [0.15, 0.2) is 34.4 Å². The molecule has 7 fully saturated rings. The summed E-state index contributed by atoms with van der Waals surface area (Å²) in [6.45, 7) is 18.8. The van der Waals surface area contributed by atoms with Gasteiger partial charge in [0.2, 0.25) is 0 Å². The van der Waals surface area contributed by atoms with Gasteiger partial charge in [-0.05, 0) is 191 Å². The van der Waals surface area contributed by atoms with Gasteiger partial charge in [0.25, 0.3) is 0 Å². The molecule has 5 unspecified atom stereocenters. The summed E-state index contributed by atoms with van der Waals surface area (Å²) < 4.78 is 5.84. The van der Waals surface area contributed by atoms with E-state index in [0.717, 1.165) is 63.9 Å². The molecule has 13 nitrogen and oxygen atoms in total. The third-order valence-corrected chi connectivity index (χ3v) is 20.2. The van der Waals surface area contributed by atoms with Crippen LogP contribution in [0.2, 0.25) is 0 Å². The second-order valence-electron chi connectivity index (χ2n) is 23.7. The fourth-order valence-electron chi connectivity index (χ4n) is 17.1. The molecule has 0 aromatic heterocycles. The zero-order chi connectivity index (χ0) is 50.0. The summed E-state index contributed by atoms with van der Waals surface area (Å²) in [4.78, 5) is 57.8. The third-order valence-electron chi connectivity index (χ3n) is 20.2. The first-order chi connectivity index (χ1) is 31.1. The van der Waals surface area contributed by atoms with E-state index < -0.39 is 59.6 Å².